The summed E-state index contributed by atoms with van der Waals surface area (Å²) in [6.45, 7) is 7.63. The van der Waals surface area contributed by atoms with E-state index in [1.807, 2.05) is 69.3 Å². The number of thioether (sulfide) groups is 1. The molecule has 0 aliphatic carbocycles. The first-order valence-corrected chi connectivity index (χ1v) is 12.6. The Hall–Kier alpha value is -3.33. The molecule has 1 fully saturated rings. The number of carbonyl (C=O) groups excluding carboxylic acids is 2. The van der Waals surface area contributed by atoms with Crippen LogP contribution in [0.2, 0.25) is 0 Å². The van der Waals surface area contributed by atoms with Gasteiger partial charge in [-0.1, -0.05) is 54.2 Å². The average molecular weight is 495 g/mol. The number of aromatic nitrogens is 2. The van der Waals surface area contributed by atoms with Crippen molar-refractivity contribution in [1.29, 1.82) is 0 Å². The zero-order chi connectivity index (χ0) is 25.0. The van der Waals surface area contributed by atoms with Crippen LogP contribution < -0.4 is 5.56 Å². The van der Waals surface area contributed by atoms with E-state index in [1.54, 1.807) is 20.4 Å². The smallest absolute Gasteiger partial charge is 0.410 e. The van der Waals surface area contributed by atoms with Gasteiger partial charge in [-0.25, -0.2) is 9.78 Å². The molecular weight excluding hydrogens is 464 g/mol. The molecule has 0 unspecified atom stereocenters. The minimum Gasteiger partial charge on any atom is -0.444 e. The van der Waals surface area contributed by atoms with E-state index in [0.29, 0.717) is 48.8 Å². The van der Waals surface area contributed by atoms with E-state index < -0.39 is 5.60 Å². The number of carbonyl (C=O) groups is 2. The summed E-state index contributed by atoms with van der Waals surface area (Å²) in [6, 6.07) is 17.0. The van der Waals surface area contributed by atoms with Crippen molar-refractivity contribution in [3.63, 3.8) is 0 Å². The van der Waals surface area contributed by atoms with E-state index >= 15 is 0 Å². The van der Waals surface area contributed by atoms with E-state index in [-0.39, 0.29) is 23.3 Å². The first-order valence-electron chi connectivity index (χ1n) is 11.6. The molecule has 184 valence electrons. The second-order valence-electron chi connectivity index (χ2n) is 9.43. The first-order chi connectivity index (χ1) is 16.7. The van der Waals surface area contributed by atoms with Crippen LogP contribution in [0.5, 0.6) is 0 Å². The van der Waals surface area contributed by atoms with Crippen molar-refractivity contribution in [2.45, 2.75) is 38.1 Å². The van der Waals surface area contributed by atoms with Crippen molar-refractivity contribution in [3.8, 4) is 0 Å². The predicted molar refractivity (Wildman–Crippen MR) is 137 cm³/mol. The number of rotatable bonds is 5. The summed E-state index contributed by atoms with van der Waals surface area (Å²) < 4.78 is 7.06. The lowest BCUT2D eigenvalue weighted by molar-refractivity contribution is -0.130. The second kappa shape index (κ2) is 10.5. The third-order valence-electron chi connectivity index (χ3n) is 5.62. The van der Waals surface area contributed by atoms with Crippen molar-refractivity contribution in [2.24, 2.45) is 0 Å². The van der Waals surface area contributed by atoms with Crippen LogP contribution in [-0.4, -0.2) is 68.9 Å². The second-order valence-corrected chi connectivity index (χ2v) is 10.4. The summed E-state index contributed by atoms with van der Waals surface area (Å²) in [6.07, 6.45) is -0.357. The summed E-state index contributed by atoms with van der Waals surface area (Å²) in [4.78, 5) is 46.6. The van der Waals surface area contributed by atoms with Gasteiger partial charge in [0, 0.05) is 26.2 Å². The van der Waals surface area contributed by atoms with Crippen molar-refractivity contribution >= 4 is 34.7 Å². The number of amides is 2. The number of hydrogen-bond donors (Lipinski definition) is 0. The minimum atomic E-state index is -0.553. The van der Waals surface area contributed by atoms with Gasteiger partial charge in [0.15, 0.2) is 5.16 Å². The molecule has 0 radical (unpaired) electrons. The first kappa shape index (κ1) is 24.8. The molecule has 1 aliphatic rings. The summed E-state index contributed by atoms with van der Waals surface area (Å²) in [5.41, 5.74) is 0.921. The number of para-hydroxylation sites is 1. The molecule has 2 aromatic carbocycles. The zero-order valence-corrected chi connectivity index (χ0v) is 21.1. The Kier molecular flexibility index (Phi) is 7.45. The van der Waals surface area contributed by atoms with Crippen LogP contribution in [0, 0.1) is 0 Å². The van der Waals surface area contributed by atoms with Crippen LogP contribution in [0.3, 0.4) is 0 Å². The summed E-state index contributed by atoms with van der Waals surface area (Å²) in [5.74, 6) is 0.110. The maximum absolute atomic E-state index is 13.3. The zero-order valence-electron chi connectivity index (χ0n) is 20.3. The number of ether oxygens (including phenoxy) is 1. The van der Waals surface area contributed by atoms with Crippen molar-refractivity contribution in [3.05, 3.63) is 70.5 Å². The highest BCUT2D eigenvalue weighted by Crippen LogP contribution is 2.20. The van der Waals surface area contributed by atoms with Gasteiger partial charge >= 0.3 is 6.09 Å². The number of nitrogens with zero attached hydrogens (tertiary/aromatic N) is 4. The predicted octanol–water partition coefficient (Wildman–Crippen LogP) is 3.62. The number of piperazine rings is 1. The monoisotopic (exact) mass is 494 g/mol. The lowest BCUT2D eigenvalue weighted by atomic mass is 10.2. The number of fused-ring (bicyclic) bond motifs is 1. The van der Waals surface area contributed by atoms with Gasteiger partial charge < -0.3 is 14.5 Å². The maximum Gasteiger partial charge on any atom is 0.410 e. The third-order valence-corrected chi connectivity index (χ3v) is 6.58. The Morgan fingerprint density at radius 2 is 1.57 bits per heavy atom. The summed E-state index contributed by atoms with van der Waals surface area (Å²) in [5, 5.41) is 1.07. The highest BCUT2D eigenvalue weighted by molar-refractivity contribution is 7.99. The maximum atomic E-state index is 13.3. The topological polar surface area (TPSA) is 84.7 Å². The van der Waals surface area contributed by atoms with E-state index in [0.717, 1.165) is 5.56 Å². The molecule has 8 nitrogen and oxygen atoms in total. The Balaban J connectivity index is 1.45. The van der Waals surface area contributed by atoms with Gasteiger partial charge in [0.1, 0.15) is 5.60 Å². The van der Waals surface area contributed by atoms with E-state index in [1.165, 1.54) is 11.8 Å². The van der Waals surface area contributed by atoms with Gasteiger partial charge in [-0.15, -0.1) is 0 Å². The van der Waals surface area contributed by atoms with E-state index in [9.17, 15) is 14.4 Å². The van der Waals surface area contributed by atoms with Crippen LogP contribution in [0.15, 0.2) is 64.5 Å². The molecule has 9 heteroatoms. The molecule has 0 spiro atoms. The Morgan fingerprint density at radius 1 is 0.943 bits per heavy atom. The fourth-order valence-corrected chi connectivity index (χ4v) is 4.75. The van der Waals surface area contributed by atoms with Crippen LogP contribution in [0.25, 0.3) is 10.9 Å². The third kappa shape index (κ3) is 6.22. The molecular formula is C26H30N4O4S. The van der Waals surface area contributed by atoms with Gasteiger partial charge in [-0.05, 0) is 38.5 Å². The largest absolute Gasteiger partial charge is 0.444 e. The van der Waals surface area contributed by atoms with E-state index in [4.69, 9.17) is 9.72 Å². The Bertz CT molecular complexity index is 1260. The number of hydrogen-bond acceptors (Lipinski definition) is 6. The van der Waals surface area contributed by atoms with Crippen LogP contribution >= 0.6 is 11.8 Å². The molecule has 1 saturated heterocycles. The van der Waals surface area contributed by atoms with Crippen molar-refractivity contribution in [2.75, 3.05) is 31.9 Å². The fraction of sp³-hybridized carbons (Fsp3) is 0.385. The number of benzene rings is 2. The lowest BCUT2D eigenvalue weighted by Crippen LogP contribution is -2.52. The van der Waals surface area contributed by atoms with Gasteiger partial charge in [-0.2, -0.15) is 0 Å². The van der Waals surface area contributed by atoms with Gasteiger partial charge in [0.05, 0.1) is 23.2 Å². The fourth-order valence-electron chi connectivity index (χ4n) is 3.85. The molecule has 0 N–H and O–H groups in total. The highest BCUT2D eigenvalue weighted by Gasteiger charge is 2.28. The molecule has 3 aromatic rings. The van der Waals surface area contributed by atoms with Gasteiger partial charge in [0.2, 0.25) is 5.91 Å². The molecule has 2 heterocycles. The highest BCUT2D eigenvalue weighted by atomic mass is 32.2. The lowest BCUT2D eigenvalue weighted by Gasteiger charge is -2.35. The molecule has 4 rings (SSSR count). The van der Waals surface area contributed by atoms with Gasteiger partial charge in [-0.3, -0.25) is 14.2 Å². The van der Waals surface area contributed by atoms with Crippen LogP contribution in [0.4, 0.5) is 4.79 Å². The molecule has 0 atom stereocenters. The molecule has 0 saturated carbocycles. The summed E-state index contributed by atoms with van der Waals surface area (Å²) >= 11 is 1.27. The van der Waals surface area contributed by atoms with Crippen LogP contribution in [0.1, 0.15) is 26.3 Å². The normalized spacial score (nSPS) is 14.3. The average Bonchev–Trinajstić information content (AvgIpc) is 2.84. The molecule has 1 aromatic heterocycles. The van der Waals surface area contributed by atoms with Crippen LogP contribution in [-0.2, 0) is 16.1 Å². The van der Waals surface area contributed by atoms with Crippen molar-refractivity contribution in [1.82, 2.24) is 19.4 Å². The SMILES string of the molecule is CC(C)(C)OC(=O)N1CCN(C(=O)CSc2nc3ccccc3c(=O)n2Cc2ccccc2)CC1. The van der Waals surface area contributed by atoms with E-state index in [2.05, 4.69) is 0 Å². The molecule has 0 bridgehead atoms. The quantitative estimate of drug-likeness (QED) is 0.398. The molecule has 35 heavy (non-hydrogen) atoms. The standard InChI is InChI=1S/C26H30N4O4S/c1-26(2,3)34-25(33)29-15-13-28(14-16-29)22(31)18-35-24-27-21-12-8-7-11-20(21)23(32)30(24)17-19-9-5-4-6-10-19/h4-12H,13-18H2,1-3H3. The Morgan fingerprint density at radius 3 is 2.26 bits per heavy atom. The minimum absolute atomic E-state index is 0.0486. The molecule has 1 aliphatic heterocycles. The summed E-state index contributed by atoms with van der Waals surface area (Å²) in [7, 11) is 0. The van der Waals surface area contributed by atoms with Crippen molar-refractivity contribution < 1.29 is 14.3 Å². The Labute approximate surface area is 208 Å². The van der Waals surface area contributed by atoms with Gasteiger partial charge in [0.25, 0.3) is 5.56 Å². The molecule has 2 amide bonds.